The van der Waals surface area contributed by atoms with Crippen LogP contribution in [0.5, 0.6) is 0 Å². The summed E-state index contributed by atoms with van der Waals surface area (Å²) in [6.07, 6.45) is 2.35. The van der Waals surface area contributed by atoms with Gasteiger partial charge >= 0.3 is 0 Å². The molecular weight excluding hydrogens is 215 g/mol. The van der Waals surface area contributed by atoms with Gasteiger partial charge in [0.05, 0.1) is 0 Å². The molecule has 1 aliphatic rings. The lowest BCUT2D eigenvalue weighted by molar-refractivity contribution is 0.199. The maximum Gasteiger partial charge on any atom is 0.123 e. The molecule has 17 heavy (non-hydrogen) atoms. The van der Waals surface area contributed by atoms with Crippen LogP contribution in [0.3, 0.4) is 0 Å². The van der Waals surface area contributed by atoms with Crippen LogP contribution in [-0.4, -0.2) is 30.6 Å². The lowest BCUT2D eigenvalue weighted by Crippen LogP contribution is -2.36. The van der Waals surface area contributed by atoms with Crippen LogP contribution >= 0.6 is 0 Å². The third-order valence-corrected chi connectivity index (χ3v) is 3.34. The van der Waals surface area contributed by atoms with E-state index in [2.05, 4.69) is 17.1 Å². The molecule has 1 aliphatic heterocycles. The van der Waals surface area contributed by atoms with E-state index in [0.29, 0.717) is 6.04 Å². The first-order chi connectivity index (χ1) is 8.29. The van der Waals surface area contributed by atoms with Crippen LogP contribution in [0.25, 0.3) is 0 Å². The van der Waals surface area contributed by atoms with Gasteiger partial charge in [0.25, 0.3) is 0 Å². The fourth-order valence-electron chi connectivity index (χ4n) is 2.50. The average Bonchev–Trinajstić information content (AvgIpc) is 2.82. The number of hydrogen-bond donors (Lipinski definition) is 1. The lowest BCUT2D eigenvalue weighted by Gasteiger charge is -2.28. The maximum absolute atomic E-state index is 13.1. The normalized spacial score (nSPS) is 20.1. The van der Waals surface area contributed by atoms with Gasteiger partial charge in [-0.25, -0.2) is 4.39 Å². The standard InChI is InChI=1S/C14H21FN2/c1-2-8-17(14-6-7-16-10-14)11-12-4-3-5-13(15)9-12/h3-5,9,14,16H,2,6-8,10-11H2,1H3. The van der Waals surface area contributed by atoms with Gasteiger partial charge in [0.1, 0.15) is 5.82 Å². The van der Waals surface area contributed by atoms with E-state index in [1.807, 2.05) is 6.07 Å². The predicted molar refractivity (Wildman–Crippen MR) is 68.4 cm³/mol. The molecule has 1 aromatic carbocycles. The fourth-order valence-corrected chi connectivity index (χ4v) is 2.50. The van der Waals surface area contributed by atoms with Gasteiger partial charge in [-0.3, -0.25) is 4.90 Å². The molecule has 1 saturated heterocycles. The molecule has 2 nitrogen and oxygen atoms in total. The first-order valence-corrected chi connectivity index (χ1v) is 6.49. The smallest absolute Gasteiger partial charge is 0.123 e. The van der Waals surface area contributed by atoms with Crippen LogP contribution < -0.4 is 5.32 Å². The Bertz CT molecular complexity index is 348. The second kappa shape index (κ2) is 6.12. The van der Waals surface area contributed by atoms with Gasteiger partial charge in [-0.05, 0) is 43.6 Å². The van der Waals surface area contributed by atoms with Crippen molar-refractivity contribution >= 4 is 0 Å². The Hall–Kier alpha value is -0.930. The number of hydrogen-bond acceptors (Lipinski definition) is 2. The van der Waals surface area contributed by atoms with Gasteiger partial charge in [0.2, 0.25) is 0 Å². The minimum absolute atomic E-state index is 0.136. The Balaban J connectivity index is 2.01. The molecule has 1 unspecified atom stereocenters. The SMILES string of the molecule is CCCN(Cc1cccc(F)c1)C1CCNC1. The van der Waals surface area contributed by atoms with Crippen molar-refractivity contribution in [3.63, 3.8) is 0 Å². The molecule has 94 valence electrons. The Labute approximate surface area is 103 Å². The summed E-state index contributed by atoms with van der Waals surface area (Å²) in [5.74, 6) is -0.136. The summed E-state index contributed by atoms with van der Waals surface area (Å²) < 4.78 is 13.1. The number of rotatable bonds is 5. The van der Waals surface area contributed by atoms with E-state index in [1.54, 1.807) is 12.1 Å². The fraction of sp³-hybridized carbons (Fsp3) is 0.571. The highest BCUT2D eigenvalue weighted by molar-refractivity contribution is 5.16. The molecule has 0 spiro atoms. The molecule has 1 atom stereocenters. The number of nitrogens with one attached hydrogen (secondary N) is 1. The zero-order chi connectivity index (χ0) is 12.1. The summed E-state index contributed by atoms with van der Waals surface area (Å²) in [5, 5.41) is 3.39. The monoisotopic (exact) mass is 236 g/mol. The summed E-state index contributed by atoms with van der Waals surface area (Å²) in [4.78, 5) is 2.47. The summed E-state index contributed by atoms with van der Waals surface area (Å²) in [6.45, 7) is 6.31. The third-order valence-electron chi connectivity index (χ3n) is 3.34. The zero-order valence-corrected chi connectivity index (χ0v) is 10.5. The van der Waals surface area contributed by atoms with Crippen molar-refractivity contribution in [2.45, 2.75) is 32.4 Å². The largest absolute Gasteiger partial charge is 0.315 e. The van der Waals surface area contributed by atoms with Crippen molar-refractivity contribution in [1.82, 2.24) is 10.2 Å². The van der Waals surface area contributed by atoms with Gasteiger partial charge in [-0.1, -0.05) is 19.1 Å². The summed E-state index contributed by atoms with van der Waals surface area (Å²) >= 11 is 0. The number of halogens is 1. The van der Waals surface area contributed by atoms with Gasteiger partial charge < -0.3 is 5.32 Å². The molecule has 1 N–H and O–H groups in total. The molecule has 1 fully saturated rings. The van der Waals surface area contributed by atoms with E-state index in [1.165, 1.54) is 12.5 Å². The first-order valence-electron chi connectivity index (χ1n) is 6.49. The highest BCUT2D eigenvalue weighted by Crippen LogP contribution is 2.14. The quantitative estimate of drug-likeness (QED) is 0.844. The molecule has 0 amide bonds. The Morgan fingerprint density at radius 2 is 2.35 bits per heavy atom. The molecule has 3 heteroatoms. The second-order valence-corrected chi connectivity index (χ2v) is 4.75. The van der Waals surface area contributed by atoms with Crippen molar-refractivity contribution < 1.29 is 4.39 Å². The Morgan fingerprint density at radius 3 is 3.00 bits per heavy atom. The third kappa shape index (κ3) is 3.51. The minimum atomic E-state index is -0.136. The van der Waals surface area contributed by atoms with Crippen LogP contribution in [0.2, 0.25) is 0 Å². The van der Waals surface area contributed by atoms with E-state index < -0.39 is 0 Å². The highest BCUT2D eigenvalue weighted by atomic mass is 19.1. The second-order valence-electron chi connectivity index (χ2n) is 4.75. The average molecular weight is 236 g/mol. The summed E-state index contributed by atoms with van der Waals surface area (Å²) in [7, 11) is 0. The molecule has 0 aromatic heterocycles. The van der Waals surface area contributed by atoms with Crippen molar-refractivity contribution in [1.29, 1.82) is 0 Å². The minimum Gasteiger partial charge on any atom is -0.315 e. The van der Waals surface area contributed by atoms with Crippen LogP contribution in [0, 0.1) is 5.82 Å². The molecule has 0 radical (unpaired) electrons. The predicted octanol–water partition coefficient (Wildman–Crippen LogP) is 2.40. The molecule has 0 aliphatic carbocycles. The van der Waals surface area contributed by atoms with Crippen molar-refractivity contribution in [3.05, 3.63) is 35.6 Å². The Morgan fingerprint density at radius 1 is 1.47 bits per heavy atom. The van der Waals surface area contributed by atoms with Crippen molar-refractivity contribution in [2.75, 3.05) is 19.6 Å². The first kappa shape index (κ1) is 12.5. The van der Waals surface area contributed by atoms with Crippen LogP contribution in [0.4, 0.5) is 4.39 Å². The van der Waals surface area contributed by atoms with Gasteiger partial charge in [-0.2, -0.15) is 0 Å². The molecule has 0 bridgehead atoms. The van der Waals surface area contributed by atoms with E-state index >= 15 is 0 Å². The number of benzene rings is 1. The van der Waals surface area contributed by atoms with Crippen molar-refractivity contribution in [3.8, 4) is 0 Å². The molecule has 1 aromatic rings. The molecule has 2 rings (SSSR count). The topological polar surface area (TPSA) is 15.3 Å². The summed E-state index contributed by atoms with van der Waals surface area (Å²) in [5.41, 5.74) is 1.07. The summed E-state index contributed by atoms with van der Waals surface area (Å²) in [6, 6.07) is 7.56. The van der Waals surface area contributed by atoms with E-state index in [0.717, 1.165) is 38.2 Å². The lowest BCUT2D eigenvalue weighted by atomic mass is 10.1. The van der Waals surface area contributed by atoms with Gasteiger partial charge in [0.15, 0.2) is 0 Å². The van der Waals surface area contributed by atoms with Crippen LogP contribution in [-0.2, 0) is 6.54 Å². The van der Waals surface area contributed by atoms with Crippen LogP contribution in [0.1, 0.15) is 25.3 Å². The van der Waals surface area contributed by atoms with Crippen molar-refractivity contribution in [2.24, 2.45) is 0 Å². The zero-order valence-electron chi connectivity index (χ0n) is 10.5. The molecular formula is C14H21FN2. The van der Waals surface area contributed by atoms with E-state index in [-0.39, 0.29) is 5.82 Å². The van der Waals surface area contributed by atoms with E-state index in [9.17, 15) is 4.39 Å². The maximum atomic E-state index is 13.1. The van der Waals surface area contributed by atoms with Crippen LogP contribution in [0.15, 0.2) is 24.3 Å². The van der Waals surface area contributed by atoms with Gasteiger partial charge in [-0.15, -0.1) is 0 Å². The Kier molecular flexibility index (Phi) is 4.51. The number of nitrogens with zero attached hydrogens (tertiary/aromatic N) is 1. The molecule has 0 saturated carbocycles. The highest BCUT2D eigenvalue weighted by Gasteiger charge is 2.21. The van der Waals surface area contributed by atoms with E-state index in [4.69, 9.17) is 0 Å². The molecule has 1 heterocycles. The van der Waals surface area contributed by atoms with Gasteiger partial charge in [0, 0.05) is 19.1 Å².